The maximum Gasteiger partial charge on any atom is 0.133 e. The van der Waals surface area contributed by atoms with E-state index in [1.54, 1.807) is 14.2 Å². The normalized spacial score (nSPS) is 19.1. The van der Waals surface area contributed by atoms with Crippen molar-refractivity contribution in [3.05, 3.63) is 22.2 Å². The fraction of sp³-hybridized carbons (Fsp3) is 0.647. The van der Waals surface area contributed by atoms with Crippen LogP contribution in [0.4, 0.5) is 0 Å². The third kappa shape index (κ3) is 3.37. The van der Waals surface area contributed by atoms with E-state index in [1.807, 2.05) is 13.1 Å². The summed E-state index contributed by atoms with van der Waals surface area (Å²) in [6.45, 7) is 2.39. The van der Waals surface area contributed by atoms with Crippen LogP contribution >= 0.6 is 15.9 Å². The fourth-order valence-corrected chi connectivity index (χ4v) is 4.12. The van der Waals surface area contributed by atoms with E-state index in [-0.39, 0.29) is 11.5 Å². The quantitative estimate of drug-likeness (QED) is 0.830. The maximum atomic E-state index is 5.62. The zero-order chi connectivity index (χ0) is 15.5. The molecule has 0 amide bonds. The van der Waals surface area contributed by atoms with Gasteiger partial charge in [-0.15, -0.1) is 0 Å². The average molecular weight is 356 g/mol. The molecule has 118 valence electrons. The molecule has 1 unspecified atom stereocenters. The summed E-state index contributed by atoms with van der Waals surface area (Å²) >= 11 is 3.54. The summed E-state index contributed by atoms with van der Waals surface area (Å²) < 4.78 is 12.0. The van der Waals surface area contributed by atoms with Crippen molar-refractivity contribution in [2.45, 2.75) is 45.1 Å². The van der Waals surface area contributed by atoms with Crippen LogP contribution in [0.2, 0.25) is 0 Å². The highest BCUT2D eigenvalue weighted by Crippen LogP contribution is 2.48. The lowest BCUT2D eigenvalue weighted by Gasteiger charge is -2.41. The predicted molar refractivity (Wildman–Crippen MR) is 90.2 cm³/mol. The van der Waals surface area contributed by atoms with Gasteiger partial charge in [0.1, 0.15) is 11.5 Å². The molecule has 1 N–H and O–H groups in total. The highest BCUT2D eigenvalue weighted by molar-refractivity contribution is 9.10. The van der Waals surface area contributed by atoms with E-state index in [0.29, 0.717) is 0 Å². The number of ether oxygens (including phenoxy) is 2. The standard InChI is InChI=1S/C17H26BrNO2/c1-17(8-6-5-7-9-17)16(19-2)12-10-15(21-4)13(18)11-14(12)20-3/h10-11,16,19H,5-9H2,1-4H3. The van der Waals surface area contributed by atoms with E-state index in [2.05, 4.69) is 34.2 Å². The van der Waals surface area contributed by atoms with E-state index < -0.39 is 0 Å². The first kappa shape index (κ1) is 16.6. The second-order valence-corrected chi connectivity index (χ2v) is 7.02. The summed E-state index contributed by atoms with van der Waals surface area (Å²) in [7, 11) is 5.47. The molecule has 1 aliphatic carbocycles. The number of methoxy groups -OCH3 is 2. The third-order valence-electron chi connectivity index (χ3n) is 4.80. The Morgan fingerprint density at radius 3 is 2.24 bits per heavy atom. The first-order valence-electron chi connectivity index (χ1n) is 7.64. The topological polar surface area (TPSA) is 30.5 Å². The summed E-state index contributed by atoms with van der Waals surface area (Å²) in [4.78, 5) is 0. The highest BCUT2D eigenvalue weighted by atomic mass is 79.9. The highest BCUT2D eigenvalue weighted by Gasteiger charge is 2.37. The van der Waals surface area contributed by atoms with Crippen molar-refractivity contribution in [3.63, 3.8) is 0 Å². The molecule has 0 aromatic heterocycles. The van der Waals surface area contributed by atoms with Crippen LogP contribution in [0, 0.1) is 5.41 Å². The molecule has 0 bridgehead atoms. The summed E-state index contributed by atoms with van der Waals surface area (Å²) in [5.74, 6) is 1.76. The molecular weight excluding hydrogens is 330 g/mol. The monoisotopic (exact) mass is 355 g/mol. The molecule has 1 aromatic rings. The van der Waals surface area contributed by atoms with Gasteiger partial charge in [0.05, 0.1) is 18.7 Å². The Morgan fingerprint density at radius 2 is 1.71 bits per heavy atom. The Morgan fingerprint density at radius 1 is 1.10 bits per heavy atom. The maximum absolute atomic E-state index is 5.62. The van der Waals surface area contributed by atoms with Crippen molar-refractivity contribution in [2.24, 2.45) is 5.41 Å². The lowest BCUT2D eigenvalue weighted by Crippen LogP contribution is -2.36. The minimum Gasteiger partial charge on any atom is -0.496 e. The molecule has 4 heteroatoms. The first-order chi connectivity index (χ1) is 10.1. The molecule has 21 heavy (non-hydrogen) atoms. The fourth-order valence-electron chi connectivity index (χ4n) is 3.64. The number of hydrogen-bond donors (Lipinski definition) is 1. The van der Waals surface area contributed by atoms with Crippen molar-refractivity contribution in [1.29, 1.82) is 0 Å². The number of hydrogen-bond acceptors (Lipinski definition) is 3. The number of halogens is 1. The molecule has 0 spiro atoms. The molecule has 1 saturated carbocycles. The molecule has 3 nitrogen and oxygen atoms in total. The van der Waals surface area contributed by atoms with Crippen LogP contribution in [0.3, 0.4) is 0 Å². The molecule has 1 atom stereocenters. The minimum absolute atomic E-state index is 0.263. The second-order valence-electron chi connectivity index (χ2n) is 6.17. The molecule has 0 aliphatic heterocycles. The van der Waals surface area contributed by atoms with Gasteiger partial charge in [0.15, 0.2) is 0 Å². The van der Waals surface area contributed by atoms with Gasteiger partial charge in [-0.1, -0.05) is 26.2 Å². The Hall–Kier alpha value is -0.740. The molecule has 1 fully saturated rings. The van der Waals surface area contributed by atoms with Crippen LogP contribution in [0.5, 0.6) is 11.5 Å². The predicted octanol–water partition coefficient (Wildman–Crippen LogP) is 4.70. The average Bonchev–Trinajstić information content (AvgIpc) is 2.49. The van der Waals surface area contributed by atoms with Gasteiger partial charge >= 0.3 is 0 Å². The van der Waals surface area contributed by atoms with Gasteiger partial charge in [-0.3, -0.25) is 0 Å². The third-order valence-corrected chi connectivity index (χ3v) is 5.42. The van der Waals surface area contributed by atoms with Crippen LogP contribution in [0.1, 0.15) is 50.6 Å². The van der Waals surface area contributed by atoms with Crippen molar-refractivity contribution >= 4 is 15.9 Å². The van der Waals surface area contributed by atoms with Gasteiger partial charge in [-0.25, -0.2) is 0 Å². The lowest BCUT2D eigenvalue weighted by atomic mass is 9.68. The van der Waals surface area contributed by atoms with Gasteiger partial charge in [0.25, 0.3) is 0 Å². The van der Waals surface area contributed by atoms with E-state index in [0.717, 1.165) is 16.0 Å². The molecule has 0 saturated heterocycles. The van der Waals surface area contributed by atoms with Crippen molar-refractivity contribution in [2.75, 3.05) is 21.3 Å². The number of nitrogens with one attached hydrogen (secondary N) is 1. The zero-order valence-corrected chi connectivity index (χ0v) is 15.0. The Bertz CT molecular complexity index is 484. The zero-order valence-electron chi connectivity index (χ0n) is 13.5. The van der Waals surface area contributed by atoms with Crippen LogP contribution in [0.25, 0.3) is 0 Å². The Balaban J connectivity index is 2.45. The number of rotatable bonds is 5. The largest absolute Gasteiger partial charge is 0.496 e. The summed E-state index contributed by atoms with van der Waals surface area (Å²) in [5, 5.41) is 3.52. The van der Waals surface area contributed by atoms with Crippen LogP contribution in [-0.4, -0.2) is 21.3 Å². The molecule has 0 heterocycles. The van der Waals surface area contributed by atoms with E-state index in [4.69, 9.17) is 9.47 Å². The molecular formula is C17H26BrNO2. The lowest BCUT2D eigenvalue weighted by molar-refractivity contribution is 0.148. The summed E-state index contributed by atoms with van der Waals surface area (Å²) in [5.41, 5.74) is 1.45. The van der Waals surface area contributed by atoms with Crippen molar-refractivity contribution in [3.8, 4) is 11.5 Å². The second kappa shape index (κ2) is 7.01. The van der Waals surface area contributed by atoms with Gasteiger partial charge in [-0.2, -0.15) is 0 Å². The van der Waals surface area contributed by atoms with E-state index in [9.17, 15) is 0 Å². The Kier molecular flexibility index (Phi) is 5.55. The van der Waals surface area contributed by atoms with Crippen LogP contribution in [0.15, 0.2) is 16.6 Å². The van der Waals surface area contributed by atoms with Crippen molar-refractivity contribution < 1.29 is 9.47 Å². The molecule has 1 aliphatic rings. The Labute approximate surface area is 136 Å². The molecule has 1 aromatic carbocycles. The SMILES string of the molecule is CNC(c1cc(OC)c(Br)cc1OC)C1(C)CCCCC1. The van der Waals surface area contributed by atoms with E-state index in [1.165, 1.54) is 37.7 Å². The van der Waals surface area contributed by atoms with Crippen LogP contribution in [-0.2, 0) is 0 Å². The van der Waals surface area contributed by atoms with Gasteiger partial charge < -0.3 is 14.8 Å². The molecule has 0 radical (unpaired) electrons. The smallest absolute Gasteiger partial charge is 0.133 e. The van der Waals surface area contributed by atoms with E-state index >= 15 is 0 Å². The van der Waals surface area contributed by atoms with Crippen molar-refractivity contribution in [1.82, 2.24) is 5.32 Å². The molecule has 2 rings (SSSR count). The van der Waals surface area contributed by atoms with Gasteiger partial charge in [0.2, 0.25) is 0 Å². The minimum atomic E-state index is 0.263. The number of benzene rings is 1. The first-order valence-corrected chi connectivity index (χ1v) is 8.43. The van der Waals surface area contributed by atoms with Gasteiger partial charge in [-0.05, 0) is 53.4 Å². The van der Waals surface area contributed by atoms with Gasteiger partial charge in [0, 0.05) is 11.6 Å². The van der Waals surface area contributed by atoms with Crippen LogP contribution < -0.4 is 14.8 Å². The summed E-state index contributed by atoms with van der Waals surface area (Å²) in [6, 6.07) is 4.38. The summed E-state index contributed by atoms with van der Waals surface area (Å²) in [6.07, 6.45) is 6.47.